The smallest absolute Gasteiger partial charge is 0.0362 e. The molecule has 0 saturated heterocycles. The summed E-state index contributed by atoms with van der Waals surface area (Å²) in [6.45, 7) is 4.30. The van der Waals surface area contributed by atoms with Gasteiger partial charge in [0, 0.05) is 11.3 Å². The number of rotatable bonds is 3. The molecule has 1 aliphatic rings. The van der Waals surface area contributed by atoms with E-state index in [-0.39, 0.29) is 8.07 Å². The Kier molecular flexibility index (Phi) is 4.47. The molecule has 0 aliphatic carbocycles. The predicted molar refractivity (Wildman–Crippen MR) is 97.6 cm³/mol. The van der Waals surface area contributed by atoms with Gasteiger partial charge in [0.15, 0.2) is 0 Å². The first-order chi connectivity index (χ1) is 10.6. The van der Waals surface area contributed by atoms with Crippen LogP contribution in [0.25, 0.3) is 0 Å². The second-order valence-corrected chi connectivity index (χ2v) is 9.00. The van der Waals surface area contributed by atoms with Crippen molar-refractivity contribution in [3.8, 4) is 0 Å². The molecule has 1 heterocycles. The van der Waals surface area contributed by atoms with Crippen molar-refractivity contribution < 1.29 is 0 Å². The van der Waals surface area contributed by atoms with Gasteiger partial charge in [-0.3, -0.25) is 4.67 Å². The summed E-state index contributed by atoms with van der Waals surface area (Å²) in [5, 5.41) is 0. The molecule has 2 aromatic carbocycles. The van der Waals surface area contributed by atoms with Gasteiger partial charge in [-0.25, -0.2) is 0 Å². The number of hydrogen-bond acceptors (Lipinski definition) is 1. The van der Waals surface area contributed by atoms with E-state index in [9.17, 15) is 0 Å². The lowest BCUT2D eigenvalue weighted by Crippen LogP contribution is -2.11. The van der Waals surface area contributed by atoms with Crippen molar-refractivity contribution in [1.29, 1.82) is 0 Å². The fourth-order valence-electron chi connectivity index (χ4n) is 3.11. The van der Waals surface area contributed by atoms with E-state index >= 15 is 0 Å². The molecule has 0 bridgehead atoms. The van der Waals surface area contributed by atoms with Crippen LogP contribution in [0.3, 0.4) is 0 Å². The molecular weight excluding hydrogens is 285 g/mol. The summed E-state index contributed by atoms with van der Waals surface area (Å²) in [5.41, 5.74) is 6.59. The van der Waals surface area contributed by atoms with Crippen molar-refractivity contribution in [1.82, 2.24) is 4.67 Å². The Bertz CT molecular complexity index is 600. The molecule has 22 heavy (non-hydrogen) atoms. The average Bonchev–Trinajstić information content (AvgIpc) is 2.94. The maximum Gasteiger partial charge on any atom is 0.0362 e. The minimum absolute atomic E-state index is 0.281. The molecule has 0 saturated carbocycles. The maximum absolute atomic E-state index is 2.43. The van der Waals surface area contributed by atoms with Gasteiger partial charge in [-0.05, 0) is 47.1 Å². The van der Waals surface area contributed by atoms with E-state index in [1.165, 1.54) is 22.3 Å². The van der Waals surface area contributed by atoms with E-state index < -0.39 is 0 Å². The summed E-state index contributed by atoms with van der Waals surface area (Å²) in [6.07, 6.45) is 4.84. The normalized spacial score (nSPS) is 24.1. The van der Waals surface area contributed by atoms with Crippen molar-refractivity contribution in [2.45, 2.75) is 25.2 Å². The highest BCUT2D eigenvalue weighted by Crippen LogP contribution is 2.67. The van der Waals surface area contributed by atoms with Gasteiger partial charge >= 0.3 is 0 Å². The van der Waals surface area contributed by atoms with Crippen LogP contribution in [0.2, 0.25) is 0 Å². The first-order valence-electron chi connectivity index (χ1n) is 7.83. The lowest BCUT2D eigenvalue weighted by atomic mass is 10.1. The highest BCUT2D eigenvalue weighted by Gasteiger charge is 2.34. The van der Waals surface area contributed by atoms with Gasteiger partial charge in [-0.15, -0.1) is 0 Å². The molecule has 0 N–H and O–H groups in total. The second kappa shape index (κ2) is 6.36. The molecule has 0 spiro atoms. The molecule has 2 atom stereocenters. The zero-order valence-electron chi connectivity index (χ0n) is 13.8. The highest BCUT2D eigenvalue weighted by molar-refractivity contribution is 7.56. The van der Waals surface area contributed by atoms with E-state index in [1.54, 1.807) is 0 Å². The Morgan fingerprint density at radius 1 is 0.682 bits per heavy atom. The topological polar surface area (TPSA) is 3.24 Å². The Morgan fingerprint density at radius 3 is 1.36 bits per heavy atom. The summed E-state index contributed by atoms with van der Waals surface area (Å²) in [5.74, 6) is 0. The average molecular weight is 309 g/mol. The van der Waals surface area contributed by atoms with Crippen LogP contribution in [0.4, 0.5) is 0 Å². The molecular formula is C20H24NP. The first-order valence-corrected chi connectivity index (χ1v) is 9.26. The van der Waals surface area contributed by atoms with Crippen LogP contribution in [0, 0.1) is 13.8 Å². The van der Waals surface area contributed by atoms with Crippen LogP contribution in [-0.2, 0) is 0 Å². The van der Waals surface area contributed by atoms with Crippen molar-refractivity contribution in [2.24, 2.45) is 0 Å². The van der Waals surface area contributed by atoms with Crippen molar-refractivity contribution in [2.75, 3.05) is 14.1 Å². The van der Waals surface area contributed by atoms with E-state index in [0.717, 1.165) is 0 Å². The summed E-state index contributed by atoms with van der Waals surface area (Å²) < 4.78 is 2.43. The molecule has 2 unspecified atom stereocenters. The molecule has 0 fully saturated rings. The number of hydrogen-bond donors (Lipinski definition) is 0. The molecule has 2 aromatic rings. The zero-order chi connectivity index (χ0) is 15.7. The van der Waals surface area contributed by atoms with Gasteiger partial charge < -0.3 is 0 Å². The van der Waals surface area contributed by atoms with Gasteiger partial charge in [0.05, 0.1) is 0 Å². The van der Waals surface area contributed by atoms with Gasteiger partial charge in [-0.2, -0.15) is 0 Å². The SMILES string of the molecule is Cc1ccc(C2C=CC(c3ccc(C)cc3)P2N(C)C)cc1. The Balaban J connectivity index is 1.92. The number of allylic oxidation sites excluding steroid dienone is 2. The van der Waals surface area contributed by atoms with E-state index in [0.29, 0.717) is 11.3 Å². The van der Waals surface area contributed by atoms with Gasteiger partial charge in [0.1, 0.15) is 0 Å². The van der Waals surface area contributed by atoms with Crippen molar-refractivity contribution >= 4 is 8.07 Å². The second-order valence-electron chi connectivity index (χ2n) is 6.32. The number of benzene rings is 2. The van der Waals surface area contributed by atoms with E-state index in [1.807, 2.05) is 0 Å². The Labute approximate surface area is 135 Å². The van der Waals surface area contributed by atoms with Crippen molar-refractivity contribution in [3.63, 3.8) is 0 Å². The minimum atomic E-state index is -0.281. The predicted octanol–water partition coefficient (Wildman–Crippen LogP) is 5.61. The maximum atomic E-state index is 2.43. The molecule has 0 aromatic heterocycles. The third-order valence-corrected chi connectivity index (χ3v) is 7.35. The number of aryl methyl sites for hydroxylation is 2. The molecule has 3 rings (SSSR count). The van der Waals surface area contributed by atoms with Crippen LogP contribution in [0.5, 0.6) is 0 Å². The molecule has 114 valence electrons. The first kappa shape index (κ1) is 15.5. The van der Waals surface area contributed by atoms with Gasteiger partial charge in [0.25, 0.3) is 0 Å². The molecule has 0 amide bonds. The largest absolute Gasteiger partial charge is 0.287 e. The van der Waals surface area contributed by atoms with E-state index in [2.05, 4.69) is 93.3 Å². The highest BCUT2D eigenvalue weighted by atomic mass is 31.1. The Morgan fingerprint density at radius 2 is 1.05 bits per heavy atom. The molecule has 2 heteroatoms. The van der Waals surface area contributed by atoms with Crippen LogP contribution in [0.15, 0.2) is 60.7 Å². The minimum Gasteiger partial charge on any atom is -0.287 e. The molecule has 1 nitrogen and oxygen atoms in total. The van der Waals surface area contributed by atoms with Crippen molar-refractivity contribution in [3.05, 3.63) is 82.9 Å². The van der Waals surface area contributed by atoms with Crippen LogP contribution in [-0.4, -0.2) is 18.8 Å². The third kappa shape index (κ3) is 3.02. The van der Waals surface area contributed by atoms with Gasteiger partial charge in [0.2, 0.25) is 0 Å². The lowest BCUT2D eigenvalue weighted by molar-refractivity contribution is 0.664. The molecule has 0 radical (unpaired) electrons. The van der Waals surface area contributed by atoms with Crippen LogP contribution in [0.1, 0.15) is 33.6 Å². The summed E-state index contributed by atoms with van der Waals surface area (Å²) in [6, 6.07) is 18.1. The Hall–Kier alpha value is -1.43. The van der Waals surface area contributed by atoms with Crippen LogP contribution < -0.4 is 0 Å². The summed E-state index contributed by atoms with van der Waals surface area (Å²) in [4.78, 5) is 0. The lowest BCUT2D eigenvalue weighted by Gasteiger charge is -2.32. The monoisotopic (exact) mass is 309 g/mol. The van der Waals surface area contributed by atoms with E-state index in [4.69, 9.17) is 0 Å². The number of nitrogens with zero attached hydrogens (tertiary/aromatic N) is 1. The third-order valence-electron chi connectivity index (χ3n) is 4.35. The standard InChI is InChI=1S/C20H24NP/c1-15-5-9-17(10-6-15)19-13-14-20(22(19)21(3)4)18-11-7-16(2)8-12-18/h5-14,19-20H,1-4H3. The van der Waals surface area contributed by atoms with Gasteiger partial charge in [-0.1, -0.05) is 71.8 Å². The summed E-state index contributed by atoms with van der Waals surface area (Å²) in [7, 11) is 4.17. The molecule has 1 aliphatic heterocycles. The summed E-state index contributed by atoms with van der Waals surface area (Å²) >= 11 is 0. The fraction of sp³-hybridized carbons (Fsp3) is 0.300. The quantitative estimate of drug-likeness (QED) is 0.526. The zero-order valence-corrected chi connectivity index (χ0v) is 14.7. The fourth-order valence-corrected chi connectivity index (χ4v) is 5.96. The van der Waals surface area contributed by atoms with Crippen LogP contribution >= 0.6 is 8.07 Å².